The fourth-order valence-electron chi connectivity index (χ4n) is 1.35. The van der Waals surface area contributed by atoms with E-state index in [1.807, 2.05) is 6.92 Å². The molecule has 1 N–H and O–H groups in total. The molecule has 1 unspecified atom stereocenters. The van der Waals surface area contributed by atoms with Crippen LogP contribution in [0.15, 0.2) is 23.2 Å². The van der Waals surface area contributed by atoms with Crippen LogP contribution in [0.2, 0.25) is 5.15 Å². The minimum Gasteiger partial charge on any atom is -0.244 e. The molecule has 1 atom stereocenters. The molecule has 0 amide bonds. The fraction of sp³-hybridized carbons (Fsp3) is 0.545. The molecule has 0 aromatic carbocycles. The Hall–Kier alpha value is -0.300. The average molecular weight is 309 g/mol. The molecule has 0 aliphatic carbocycles. The summed E-state index contributed by atoms with van der Waals surface area (Å²) in [4.78, 5) is 3.91. The molecule has 1 heterocycles. The second-order valence-corrected chi connectivity index (χ2v) is 7.32. The summed E-state index contributed by atoms with van der Waals surface area (Å²) in [6.45, 7) is 3.94. The number of rotatable bonds is 7. The zero-order chi connectivity index (χ0) is 13.6. The van der Waals surface area contributed by atoms with Crippen LogP contribution in [0.25, 0.3) is 0 Å². The van der Waals surface area contributed by atoms with Crippen LogP contribution in [0.4, 0.5) is 0 Å². The summed E-state index contributed by atoms with van der Waals surface area (Å²) in [6.07, 6.45) is 2.19. The van der Waals surface area contributed by atoms with Crippen LogP contribution < -0.4 is 4.72 Å². The minimum absolute atomic E-state index is 0.0963. The van der Waals surface area contributed by atoms with Crippen LogP contribution >= 0.6 is 23.4 Å². The minimum atomic E-state index is -3.50. The van der Waals surface area contributed by atoms with E-state index in [9.17, 15) is 8.42 Å². The first-order valence-corrected chi connectivity index (χ1v) is 8.69. The Morgan fingerprint density at radius 1 is 1.56 bits per heavy atom. The van der Waals surface area contributed by atoms with Gasteiger partial charge in [-0.3, -0.25) is 0 Å². The van der Waals surface area contributed by atoms with Gasteiger partial charge in [0.1, 0.15) is 5.15 Å². The lowest BCUT2D eigenvalue weighted by Crippen LogP contribution is -2.33. The summed E-state index contributed by atoms with van der Waals surface area (Å²) in [7, 11) is -3.50. The van der Waals surface area contributed by atoms with E-state index in [2.05, 4.69) is 16.6 Å². The maximum Gasteiger partial charge on any atom is 0.240 e. The third kappa shape index (κ3) is 5.14. The van der Waals surface area contributed by atoms with Crippen molar-refractivity contribution in [1.29, 1.82) is 0 Å². The second-order valence-electron chi connectivity index (χ2n) is 3.82. The third-order valence-corrected chi connectivity index (χ3v) is 4.99. The van der Waals surface area contributed by atoms with E-state index in [1.165, 1.54) is 18.3 Å². The normalized spacial score (nSPS) is 13.5. The van der Waals surface area contributed by atoms with Crippen LogP contribution in [0.5, 0.6) is 0 Å². The topological polar surface area (TPSA) is 59.1 Å². The van der Waals surface area contributed by atoms with E-state index in [1.54, 1.807) is 11.8 Å². The number of nitrogens with zero attached hydrogens (tertiary/aromatic N) is 1. The zero-order valence-corrected chi connectivity index (χ0v) is 12.8. The molecule has 0 spiro atoms. The number of hydrogen-bond donors (Lipinski definition) is 1. The summed E-state index contributed by atoms with van der Waals surface area (Å²) in [5.74, 6) is 1.98. The van der Waals surface area contributed by atoms with Crippen molar-refractivity contribution in [2.45, 2.75) is 31.2 Å². The summed E-state index contributed by atoms with van der Waals surface area (Å²) in [5.41, 5.74) is 0. The fourth-order valence-corrected chi connectivity index (χ4v) is 3.69. The van der Waals surface area contributed by atoms with Crippen molar-refractivity contribution >= 4 is 33.4 Å². The first-order chi connectivity index (χ1) is 8.45. The van der Waals surface area contributed by atoms with Gasteiger partial charge in [0.25, 0.3) is 0 Å². The molecule has 102 valence electrons. The second kappa shape index (κ2) is 7.33. The summed E-state index contributed by atoms with van der Waals surface area (Å²) in [6, 6.07) is 2.68. The van der Waals surface area contributed by atoms with Gasteiger partial charge in [0.2, 0.25) is 10.0 Å². The van der Waals surface area contributed by atoms with Gasteiger partial charge in [-0.05, 0) is 37.0 Å². The van der Waals surface area contributed by atoms with E-state index >= 15 is 0 Å². The molecule has 0 fully saturated rings. The van der Waals surface area contributed by atoms with Crippen molar-refractivity contribution in [3.05, 3.63) is 23.5 Å². The smallest absolute Gasteiger partial charge is 0.240 e. The molecule has 0 aliphatic heterocycles. The number of aromatic nitrogens is 1. The Labute approximate surface area is 118 Å². The summed E-state index contributed by atoms with van der Waals surface area (Å²) < 4.78 is 26.7. The molecule has 0 bridgehead atoms. The van der Waals surface area contributed by atoms with Gasteiger partial charge in [-0.15, -0.1) is 0 Å². The van der Waals surface area contributed by atoms with E-state index in [-0.39, 0.29) is 16.1 Å². The maximum atomic E-state index is 12.0. The molecule has 4 nitrogen and oxygen atoms in total. The number of sulfonamides is 1. The lowest BCUT2D eigenvalue weighted by Gasteiger charge is -2.13. The Kier molecular flexibility index (Phi) is 6.42. The van der Waals surface area contributed by atoms with Gasteiger partial charge >= 0.3 is 0 Å². The third-order valence-electron chi connectivity index (χ3n) is 2.26. The van der Waals surface area contributed by atoms with Crippen LogP contribution in [0.3, 0.4) is 0 Å². The highest BCUT2D eigenvalue weighted by Gasteiger charge is 2.17. The van der Waals surface area contributed by atoms with Crippen molar-refractivity contribution in [2.24, 2.45) is 0 Å². The van der Waals surface area contributed by atoms with Gasteiger partial charge in [-0.1, -0.05) is 18.5 Å². The first kappa shape index (κ1) is 15.8. The Bertz CT molecular complexity index is 480. The molecule has 18 heavy (non-hydrogen) atoms. The van der Waals surface area contributed by atoms with Crippen molar-refractivity contribution in [1.82, 2.24) is 9.71 Å². The van der Waals surface area contributed by atoms with Gasteiger partial charge in [0, 0.05) is 12.2 Å². The number of hydrogen-bond acceptors (Lipinski definition) is 4. The van der Waals surface area contributed by atoms with Gasteiger partial charge in [-0.2, -0.15) is 11.8 Å². The van der Waals surface area contributed by atoms with Crippen LogP contribution in [-0.2, 0) is 10.0 Å². The molecule has 1 aromatic rings. The highest BCUT2D eigenvalue weighted by Crippen LogP contribution is 2.14. The van der Waals surface area contributed by atoms with E-state index in [0.717, 1.165) is 17.9 Å². The van der Waals surface area contributed by atoms with Gasteiger partial charge in [0.05, 0.1) is 4.90 Å². The Balaban J connectivity index is 2.64. The molecule has 7 heteroatoms. The maximum absolute atomic E-state index is 12.0. The number of nitrogens with one attached hydrogen (secondary N) is 1. The van der Waals surface area contributed by atoms with E-state index < -0.39 is 10.0 Å². The zero-order valence-electron chi connectivity index (χ0n) is 10.4. The highest BCUT2D eigenvalue weighted by molar-refractivity contribution is 7.99. The van der Waals surface area contributed by atoms with Gasteiger partial charge in [0.15, 0.2) is 0 Å². The lowest BCUT2D eigenvalue weighted by molar-refractivity contribution is 0.557. The van der Waals surface area contributed by atoms with Crippen molar-refractivity contribution in [3.63, 3.8) is 0 Å². The Morgan fingerprint density at radius 2 is 2.28 bits per heavy atom. The van der Waals surface area contributed by atoms with Crippen LogP contribution in [0, 0.1) is 0 Å². The standard InChI is InChI=1S/C11H17ClN2O2S2/c1-3-17-7-5-9(2)14-18(15,16)10-4-6-13-11(12)8-10/h4,6,8-9,14H,3,5,7H2,1-2H3. The van der Waals surface area contributed by atoms with Crippen LogP contribution in [-0.4, -0.2) is 30.9 Å². The summed E-state index contributed by atoms with van der Waals surface area (Å²) in [5, 5.41) is 0.173. The molecule has 0 saturated heterocycles. The molecule has 1 rings (SSSR count). The van der Waals surface area contributed by atoms with E-state index in [0.29, 0.717) is 0 Å². The first-order valence-electron chi connectivity index (χ1n) is 5.67. The summed E-state index contributed by atoms with van der Waals surface area (Å²) >= 11 is 7.48. The Morgan fingerprint density at radius 3 is 2.89 bits per heavy atom. The van der Waals surface area contributed by atoms with Crippen molar-refractivity contribution in [2.75, 3.05) is 11.5 Å². The molecule has 0 aliphatic rings. The van der Waals surface area contributed by atoms with Crippen LogP contribution in [0.1, 0.15) is 20.3 Å². The van der Waals surface area contributed by atoms with Crippen molar-refractivity contribution < 1.29 is 8.42 Å². The molecular weight excluding hydrogens is 292 g/mol. The van der Waals surface area contributed by atoms with E-state index in [4.69, 9.17) is 11.6 Å². The SMILES string of the molecule is CCSCCC(C)NS(=O)(=O)c1ccnc(Cl)c1. The molecular formula is C11H17ClN2O2S2. The van der Waals surface area contributed by atoms with Crippen molar-refractivity contribution in [3.8, 4) is 0 Å². The number of thioether (sulfide) groups is 1. The molecule has 1 aromatic heterocycles. The predicted molar refractivity (Wildman–Crippen MR) is 76.6 cm³/mol. The van der Waals surface area contributed by atoms with Gasteiger partial charge < -0.3 is 0 Å². The predicted octanol–water partition coefficient (Wildman–Crippen LogP) is 2.55. The highest BCUT2D eigenvalue weighted by atomic mass is 35.5. The van der Waals surface area contributed by atoms with Gasteiger partial charge in [-0.25, -0.2) is 18.1 Å². The quantitative estimate of drug-likeness (QED) is 0.621. The molecule has 0 radical (unpaired) electrons. The largest absolute Gasteiger partial charge is 0.244 e. The number of pyridine rings is 1. The number of halogens is 1. The monoisotopic (exact) mass is 308 g/mol. The average Bonchev–Trinajstić information content (AvgIpc) is 2.28. The molecule has 0 saturated carbocycles. The lowest BCUT2D eigenvalue weighted by atomic mass is 10.3.